The van der Waals surface area contributed by atoms with Crippen LogP contribution in [0.5, 0.6) is 0 Å². The number of amides is 2. The standard InChI is InChI=1S/C13H25N3O2/c1-11(2)14-7-6-12(17)15-10-13(18)16-8-4-3-5-9-16/h11,14H,3-10H2,1-2H3,(H,15,17). The van der Waals surface area contributed by atoms with Crippen LogP contribution in [0.2, 0.25) is 0 Å². The molecule has 1 rings (SSSR count). The minimum Gasteiger partial charge on any atom is -0.347 e. The molecule has 0 aromatic carbocycles. The zero-order valence-corrected chi connectivity index (χ0v) is 11.5. The van der Waals surface area contributed by atoms with Gasteiger partial charge in [0, 0.05) is 32.1 Å². The van der Waals surface area contributed by atoms with E-state index in [9.17, 15) is 9.59 Å². The molecular formula is C13H25N3O2. The molecule has 1 heterocycles. The molecule has 1 aliphatic heterocycles. The molecule has 0 saturated carbocycles. The third-order valence-electron chi connectivity index (χ3n) is 3.05. The minimum absolute atomic E-state index is 0.0415. The van der Waals surface area contributed by atoms with E-state index in [0.29, 0.717) is 19.0 Å². The van der Waals surface area contributed by atoms with Crippen LogP contribution in [0.1, 0.15) is 39.5 Å². The number of carbonyl (C=O) groups excluding carboxylic acids is 2. The average molecular weight is 255 g/mol. The molecule has 1 saturated heterocycles. The van der Waals surface area contributed by atoms with Gasteiger partial charge < -0.3 is 15.5 Å². The van der Waals surface area contributed by atoms with Crippen LogP contribution in [0.3, 0.4) is 0 Å². The molecule has 18 heavy (non-hydrogen) atoms. The van der Waals surface area contributed by atoms with Gasteiger partial charge >= 0.3 is 0 Å². The van der Waals surface area contributed by atoms with Gasteiger partial charge in [-0.05, 0) is 19.3 Å². The highest BCUT2D eigenvalue weighted by Gasteiger charge is 2.16. The lowest BCUT2D eigenvalue weighted by atomic mass is 10.1. The van der Waals surface area contributed by atoms with Crippen LogP contribution in [-0.4, -0.2) is 48.9 Å². The van der Waals surface area contributed by atoms with Crippen molar-refractivity contribution in [1.29, 1.82) is 0 Å². The second-order valence-corrected chi connectivity index (χ2v) is 5.08. The number of rotatable bonds is 6. The molecule has 0 unspecified atom stereocenters. The van der Waals surface area contributed by atoms with E-state index in [4.69, 9.17) is 0 Å². The van der Waals surface area contributed by atoms with Gasteiger partial charge in [0.15, 0.2) is 0 Å². The molecule has 1 fully saturated rings. The lowest BCUT2D eigenvalue weighted by molar-refractivity contribution is -0.133. The van der Waals surface area contributed by atoms with Crippen molar-refractivity contribution in [2.75, 3.05) is 26.2 Å². The fourth-order valence-electron chi connectivity index (χ4n) is 1.99. The Kier molecular flexibility index (Phi) is 6.72. The first kappa shape index (κ1) is 15.0. The van der Waals surface area contributed by atoms with Gasteiger partial charge in [-0.1, -0.05) is 13.8 Å². The fraction of sp³-hybridized carbons (Fsp3) is 0.846. The largest absolute Gasteiger partial charge is 0.347 e. The number of nitrogens with zero attached hydrogens (tertiary/aromatic N) is 1. The smallest absolute Gasteiger partial charge is 0.241 e. The van der Waals surface area contributed by atoms with Gasteiger partial charge in [-0.15, -0.1) is 0 Å². The summed E-state index contributed by atoms with van der Waals surface area (Å²) in [6.45, 7) is 6.55. The highest BCUT2D eigenvalue weighted by Crippen LogP contribution is 2.08. The summed E-state index contributed by atoms with van der Waals surface area (Å²) in [5, 5.41) is 5.85. The topological polar surface area (TPSA) is 61.4 Å². The van der Waals surface area contributed by atoms with Gasteiger partial charge in [0.05, 0.1) is 6.54 Å². The first-order chi connectivity index (χ1) is 8.59. The molecule has 0 aromatic heterocycles. The normalized spacial score (nSPS) is 15.8. The SMILES string of the molecule is CC(C)NCCC(=O)NCC(=O)N1CCCCC1. The molecule has 5 heteroatoms. The maximum absolute atomic E-state index is 11.8. The number of hydrogen-bond donors (Lipinski definition) is 2. The molecule has 0 bridgehead atoms. The molecule has 0 spiro atoms. The van der Waals surface area contributed by atoms with E-state index in [1.807, 2.05) is 18.7 Å². The van der Waals surface area contributed by atoms with Crippen LogP contribution in [0.4, 0.5) is 0 Å². The Morgan fingerprint density at radius 1 is 1.17 bits per heavy atom. The van der Waals surface area contributed by atoms with E-state index < -0.39 is 0 Å². The third-order valence-corrected chi connectivity index (χ3v) is 3.05. The van der Waals surface area contributed by atoms with Crippen LogP contribution in [0.25, 0.3) is 0 Å². The summed E-state index contributed by atoms with van der Waals surface area (Å²) in [5.74, 6) is -0.0200. The summed E-state index contributed by atoms with van der Waals surface area (Å²) in [5.41, 5.74) is 0. The van der Waals surface area contributed by atoms with Crippen LogP contribution in [0, 0.1) is 0 Å². The molecular weight excluding hydrogens is 230 g/mol. The molecule has 5 nitrogen and oxygen atoms in total. The molecule has 0 aliphatic carbocycles. The van der Waals surface area contributed by atoms with Crippen molar-refractivity contribution in [3.8, 4) is 0 Å². The maximum Gasteiger partial charge on any atom is 0.241 e. The summed E-state index contributed by atoms with van der Waals surface area (Å²) in [7, 11) is 0. The molecule has 1 aliphatic rings. The number of hydrogen-bond acceptors (Lipinski definition) is 3. The Bertz CT molecular complexity index is 273. The zero-order chi connectivity index (χ0) is 13.4. The molecule has 2 N–H and O–H groups in total. The highest BCUT2D eigenvalue weighted by atomic mass is 16.2. The van der Waals surface area contributed by atoms with E-state index in [-0.39, 0.29) is 18.4 Å². The Morgan fingerprint density at radius 2 is 1.83 bits per heavy atom. The zero-order valence-electron chi connectivity index (χ0n) is 11.5. The summed E-state index contributed by atoms with van der Waals surface area (Å²) in [6, 6.07) is 0.382. The van der Waals surface area contributed by atoms with Crippen molar-refractivity contribution in [1.82, 2.24) is 15.5 Å². The third kappa shape index (κ3) is 6.00. The van der Waals surface area contributed by atoms with E-state index in [1.54, 1.807) is 0 Å². The molecule has 0 radical (unpaired) electrons. The lowest BCUT2D eigenvalue weighted by Crippen LogP contribution is -2.43. The second-order valence-electron chi connectivity index (χ2n) is 5.08. The Hall–Kier alpha value is -1.10. The van der Waals surface area contributed by atoms with Gasteiger partial charge in [-0.25, -0.2) is 0 Å². The van der Waals surface area contributed by atoms with Gasteiger partial charge in [0.1, 0.15) is 0 Å². The quantitative estimate of drug-likeness (QED) is 0.726. The van der Waals surface area contributed by atoms with Crippen LogP contribution in [0.15, 0.2) is 0 Å². The summed E-state index contributed by atoms with van der Waals surface area (Å²) in [6.07, 6.45) is 3.79. The Labute approximate surface area is 109 Å². The second kappa shape index (κ2) is 8.08. The van der Waals surface area contributed by atoms with E-state index in [0.717, 1.165) is 25.9 Å². The Morgan fingerprint density at radius 3 is 2.44 bits per heavy atom. The average Bonchev–Trinajstić information content (AvgIpc) is 2.36. The van der Waals surface area contributed by atoms with Crippen LogP contribution < -0.4 is 10.6 Å². The van der Waals surface area contributed by atoms with Crippen molar-refractivity contribution in [2.24, 2.45) is 0 Å². The van der Waals surface area contributed by atoms with Crippen molar-refractivity contribution in [2.45, 2.75) is 45.6 Å². The lowest BCUT2D eigenvalue weighted by Gasteiger charge is -2.26. The maximum atomic E-state index is 11.8. The first-order valence-electron chi connectivity index (χ1n) is 6.87. The van der Waals surface area contributed by atoms with E-state index >= 15 is 0 Å². The van der Waals surface area contributed by atoms with Crippen molar-refractivity contribution in [3.63, 3.8) is 0 Å². The highest BCUT2D eigenvalue weighted by molar-refractivity contribution is 5.84. The van der Waals surface area contributed by atoms with Crippen LogP contribution >= 0.6 is 0 Å². The van der Waals surface area contributed by atoms with Crippen LogP contribution in [-0.2, 0) is 9.59 Å². The van der Waals surface area contributed by atoms with Crippen molar-refractivity contribution < 1.29 is 9.59 Å². The van der Waals surface area contributed by atoms with Gasteiger partial charge in [0.25, 0.3) is 0 Å². The predicted octanol–water partition coefficient (Wildman–Crippen LogP) is 0.503. The number of piperidine rings is 1. The van der Waals surface area contributed by atoms with Crippen molar-refractivity contribution >= 4 is 11.8 Å². The summed E-state index contributed by atoms with van der Waals surface area (Å²) in [4.78, 5) is 25.1. The van der Waals surface area contributed by atoms with Crippen molar-refractivity contribution in [3.05, 3.63) is 0 Å². The summed E-state index contributed by atoms with van der Waals surface area (Å²) < 4.78 is 0. The molecule has 0 atom stereocenters. The number of carbonyl (C=O) groups is 2. The number of likely N-dealkylation sites (tertiary alicyclic amines) is 1. The predicted molar refractivity (Wildman–Crippen MR) is 71.2 cm³/mol. The minimum atomic E-state index is -0.0616. The fourth-order valence-corrected chi connectivity index (χ4v) is 1.99. The van der Waals surface area contributed by atoms with Gasteiger partial charge in [-0.2, -0.15) is 0 Å². The summed E-state index contributed by atoms with van der Waals surface area (Å²) >= 11 is 0. The number of nitrogens with one attached hydrogen (secondary N) is 2. The van der Waals surface area contributed by atoms with Gasteiger partial charge in [0.2, 0.25) is 11.8 Å². The van der Waals surface area contributed by atoms with E-state index in [1.165, 1.54) is 6.42 Å². The molecule has 104 valence electrons. The monoisotopic (exact) mass is 255 g/mol. The first-order valence-corrected chi connectivity index (χ1v) is 6.87. The van der Waals surface area contributed by atoms with E-state index in [2.05, 4.69) is 10.6 Å². The van der Waals surface area contributed by atoms with Gasteiger partial charge in [-0.3, -0.25) is 9.59 Å². The molecule has 2 amide bonds. The Balaban J connectivity index is 2.11. The molecule has 0 aromatic rings.